The maximum atomic E-state index is 13.7. The van der Waals surface area contributed by atoms with Crippen molar-refractivity contribution in [1.29, 1.82) is 0 Å². The summed E-state index contributed by atoms with van der Waals surface area (Å²) in [4.78, 5) is 44.1. The SMILES string of the molecule is CCOc1cccc(/C(O)=C2\C(=O)C(=O)N(c3nc(C)c(C(=O)OC)s3)C2c2ccc(F)cc2)c1. The van der Waals surface area contributed by atoms with Gasteiger partial charge >= 0.3 is 11.9 Å². The fourth-order valence-corrected chi connectivity index (χ4v) is 4.82. The molecule has 1 atom stereocenters. The number of aliphatic hydroxyl groups is 1. The van der Waals surface area contributed by atoms with Crippen LogP contribution in [0.15, 0.2) is 54.1 Å². The third-order valence-electron chi connectivity index (χ3n) is 5.41. The van der Waals surface area contributed by atoms with E-state index in [-0.39, 0.29) is 21.1 Å². The summed E-state index contributed by atoms with van der Waals surface area (Å²) in [5.41, 5.74) is 0.774. The lowest BCUT2D eigenvalue weighted by Gasteiger charge is -2.23. The van der Waals surface area contributed by atoms with E-state index in [2.05, 4.69) is 4.98 Å². The normalized spacial score (nSPS) is 17.0. The van der Waals surface area contributed by atoms with E-state index in [1.165, 1.54) is 31.4 Å². The number of hydrogen-bond donors (Lipinski definition) is 1. The summed E-state index contributed by atoms with van der Waals surface area (Å²) in [5, 5.41) is 11.3. The molecule has 3 aromatic rings. The molecule has 10 heteroatoms. The van der Waals surface area contributed by atoms with E-state index in [4.69, 9.17) is 9.47 Å². The van der Waals surface area contributed by atoms with Crippen LogP contribution >= 0.6 is 11.3 Å². The zero-order valence-electron chi connectivity index (χ0n) is 19.1. The van der Waals surface area contributed by atoms with Crippen LogP contribution in [0.2, 0.25) is 0 Å². The van der Waals surface area contributed by atoms with Gasteiger partial charge in [-0.05, 0) is 43.7 Å². The highest BCUT2D eigenvalue weighted by atomic mass is 32.1. The third-order valence-corrected chi connectivity index (χ3v) is 6.55. The lowest BCUT2D eigenvalue weighted by molar-refractivity contribution is -0.132. The standard InChI is InChI=1S/C25H21FN2O6S/c1-4-34-17-7-5-6-15(12-17)20(29)18-19(14-8-10-16(26)11-9-14)28(23(31)21(18)30)25-27-13(2)22(35-25)24(32)33-3/h5-12,19,29H,4H2,1-3H3/b20-18+. The number of Topliss-reactive ketones (excluding diaryl/α,β-unsaturated/α-hetero) is 1. The second kappa shape index (κ2) is 9.67. The quantitative estimate of drug-likeness (QED) is 0.233. The molecule has 0 radical (unpaired) electrons. The summed E-state index contributed by atoms with van der Waals surface area (Å²) in [5.74, 6) is -2.95. The second-order valence-corrected chi connectivity index (χ2v) is 8.56. The summed E-state index contributed by atoms with van der Waals surface area (Å²) in [6, 6.07) is 10.6. The zero-order chi connectivity index (χ0) is 25.3. The average molecular weight is 497 g/mol. The maximum Gasteiger partial charge on any atom is 0.350 e. The van der Waals surface area contributed by atoms with E-state index in [0.29, 0.717) is 23.6 Å². The summed E-state index contributed by atoms with van der Waals surface area (Å²) in [7, 11) is 1.22. The Morgan fingerprint density at radius 3 is 2.57 bits per heavy atom. The molecule has 1 aliphatic heterocycles. The molecule has 0 aliphatic carbocycles. The third kappa shape index (κ3) is 4.40. The van der Waals surface area contributed by atoms with Crippen molar-refractivity contribution in [2.45, 2.75) is 19.9 Å². The summed E-state index contributed by atoms with van der Waals surface area (Å²) in [6.07, 6.45) is 0. The second-order valence-electron chi connectivity index (χ2n) is 7.58. The van der Waals surface area contributed by atoms with Crippen LogP contribution in [0.3, 0.4) is 0 Å². The van der Waals surface area contributed by atoms with E-state index in [0.717, 1.165) is 16.2 Å². The van der Waals surface area contributed by atoms with Crippen LogP contribution in [0.4, 0.5) is 9.52 Å². The maximum absolute atomic E-state index is 13.7. The largest absolute Gasteiger partial charge is 0.507 e. The predicted molar refractivity (Wildman–Crippen MR) is 127 cm³/mol. The molecule has 0 bridgehead atoms. The van der Waals surface area contributed by atoms with Gasteiger partial charge in [0.25, 0.3) is 5.78 Å². The molecule has 1 aliphatic rings. The fourth-order valence-electron chi connectivity index (χ4n) is 3.81. The average Bonchev–Trinajstić information content (AvgIpc) is 3.36. The molecule has 1 saturated heterocycles. The number of amides is 1. The van der Waals surface area contributed by atoms with Gasteiger partial charge in [-0.15, -0.1) is 0 Å². The van der Waals surface area contributed by atoms with E-state index in [1.54, 1.807) is 31.2 Å². The van der Waals surface area contributed by atoms with E-state index >= 15 is 0 Å². The van der Waals surface area contributed by atoms with Gasteiger partial charge in [0, 0.05) is 5.56 Å². The summed E-state index contributed by atoms with van der Waals surface area (Å²) in [6.45, 7) is 3.79. The van der Waals surface area contributed by atoms with Crippen LogP contribution in [0, 0.1) is 12.7 Å². The molecule has 4 rings (SSSR count). The Morgan fingerprint density at radius 2 is 1.91 bits per heavy atom. The number of halogens is 1. The van der Waals surface area contributed by atoms with Crippen molar-refractivity contribution < 1.29 is 33.4 Å². The monoisotopic (exact) mass is 496 g/mol. The number of ketones is 1. The molecule has 180 valence electrons. The van der Waals surface area contributed by atoms with Crippen molar-refractivity contribution in [2.24, 2.45) is 0 Å². The Bertz CT molecular complexity index is 1350. The number of nitrogens with zero attached hydrogens (tertiary/aromatic N) is 2. The van der Waals surface area contributed by atoms with Crippen LogP contribution in [-0.4, -0.2) is 41.5 Å². The highest BCUT2D eigenvalue weighted by molar-refractivity contribution is 7.17. The first-order valence-electron chi connectivity index (χ1n) is 10.6. The van der Waals surface area contributed by atoms with Gasteiger partial charge < -0.3 is 14.6 Å². The minimum atomic E-state index is -1.11. The van der Waals surface area contributed by atoms with Crippen LogP contribution in [0.5, 0.6) is 5.75 Å². The lowest BCUT2D eigenvalue weighted by atomic mass is 9.95. The van der Waals surface area contributed by atoms with Gasteiger partial charge in [0.05, 0.1) is 31.0 Å². The first-order valence-corrected chi connectivity index (χ1v) is 11.4. The zero-order valence-corrected chi connectivity index (χ0v) is 19.9. The highest BCUT2D eigenvalue weighted by Gasteiger charge is 2.48. The summed E-state index contributed by atoms with van der Waals surface area (Å²) < 4.78 is 23.9. The van der Waals surface area contributed by atoms with E-state index in [1.807, 2.05) is 6.92 Å². The van der Waals surface area contributed by atoms with Gasteiger partial charge in [0.1, 0.15) is 22.2 Å². The number of benzene rings is 2. The van der Waals surface area contributed by atoms with E-state index in [9.17, 15) is 23.9 Å². The molecule has 2 heterocycles. The van der Waals surface area contributed by atoms with Gasteiger partial charge in [-0.25, -0.2) is 14.2 Å². The number of hydrogen-bond acceptors (Lipinski definition) is 8. The predicted octanol–water partition coefficient (Wildman–Crippen LogP) is 4.40. The number of aliphatic hydroxyl groups excluding tert-OH is 1. The highest BCUT2D eigenvalue weighted by Crippen LogP contribution is 2.44. The molecule has 8 nitrogen and oxygen atoms in total. The van der Waals surface area contributed by atoms with Crippen molar-refractivity contribution >= 4 is 39.9 Å². The van der Waals surface area contributed by atoms with Crippen LogP contribution in [0.1, 0.15) is 39.5 Å². The molecule has 1 unspecified atom stereocenters. The van der Waals surface area contributed by atoms with Gasteiger partial charge in [-0.2, -0.15) is 0 Å². The molecular formula is C25H21FN2O6S. The molecule has 1 amide bonds. The number of aromatic nitrogens is 1. The first kappa shape index (κ1) is 24.1. The Hall–Kier alpha value is -4.05. The Labute approximate surface area is 204 Å². The number of ether oxygens (including phenoxy) is 2. The van der Waals surface area contributed by atoms with Gasteiger partial charge in [-0.1, -0.05) is 35.6 Å². The summed E-state index contributed by atoms with van der Waals surface area (Å²) >= 11 is 0.884. The minimum Gasteiger partial charge on any atom is -0.507 e. The smallest absolute Gasteiger partial charge is 0.350 e. The number of thiazole rings is 1. The van der Waals surface area contributed by atoms with Gasteiger partial charge in [0.2, 0.25) is 0 Å². The van der Waals surface area contributed by atoms with Crippen LogP contribution < -0.4 is 9.64 Å². The van der Waals surface area contributed by atoms with Crippen LogP contribution in [-0.2, 0) is 14.3 Å². The number of methoxy groups -OCH3 is 1. The molecule has 35 heavy (non-hydrogen) atoms. The molecule has 0 saturated carbocycles. The molecule has 1 aromatic heterocycles. The first-order chi connectivity index (χ1) is 16.8. The molecule has 1 N–H and O–H groups in total. The van der Waals surface area contributed by atoms with Gasteiger partial charge in [-0.3, -0.25) is 14.5 Å². The Kier molecular flexibility index (Phi) is 6.65. The van der Waals surface area contributed by atoms with Gasteiger partial charge in [0.15, 0.2) is 5.13 Å². The number of carbonyl (C=O) groups excluding carboxylic acids is 3. The Morgan fingerprint density at radius 1 is 1.20 bits per heavy atom. The number of rotatable bonds is 6. The van der Waals surface area contributed by atoms with Crippen molar-refractivity contribution in [2.75, 3.05) is 18.6 Å². The number of esters is 1. The van der Waals surface area contributed by atoms with Crippen molar-refractivity contribution in [1.82, 2.24) is 4.98 Å². The lowest BCUT2D eigenvalue weighted by Crippen LogP contribution is -2.29. The molecule has 2 aromatic carbocycles. The van der Waals surface area contributed by atoms with Crippen molar-refractivity contribution in [3.05, 3.63) is 81.6 Å². The topological polar surface area (TPSA) is 106 Å². The van der Waals surface area contributed by atoms with E-state index < -0.39 is 35.3 Å². The number of aryl methyl sites for hydroxylation is 1. The Balaban J connectivity index is 1.92. The number of anilines is 1. The van der Waals surface area contributed by atoms with Crippen LogP contribution in [0.25, 0.3) is 5.76 Å². The number of carbonyl (C=O) groups is 3. The molecule has 0 spiro atoms. The molecular weight excluding hydrogens is 475 g/mol. The van der Waals surface area contributed by atoms with Crippen molar-refractivity contribution in [3.63, 3.8) is 0 Å². The fraction of sp³-hybridized carbons (Fsp3) is 0.200. The molecule has 1 fully saturated rings. The van der Waals surface area contributed by atoms with Crippen molar-refractivity contribution in [3.8, 4) is 5.75 Å². The minimum absolute atomic E-state index is 0.0708.